The second-order valence-electron chi connectivity index (χ2n) is 5.44. The van der Waals surface area contributed by atoms with Crippen molar-refractivity contribution in [1.29, 1.82) is 0 Å². The van der Waals surface area contributed by atoms with E-state index in [1.807, 2.05) is 12.1 Å². The fraction of sp³-hybridized carbons (Fsp3) is 0.250. The molecule has 0 aromatic carbocycles. The van der Waals surface area contributed by atoms with Crippen LogP contribution in [-0.2, 0) is 5.75 Å². The van der Waals surface area contributed by atoms with Crippen molar-refractivity contribution in [3.8, 4) is 11.4 Å². The Morgan fingerprint density at radius 2 is 1.96 bits per heavy atom. The predicted octanol–water partition coefficient (Wildman–Crippen LogP) is 3.50. The molecule has 0 saturated heterocycles. The Labute approximate surface area is 137 Å². The van der Waals surface area contributed by atoms with Gasteiger partial charge in [-0.3, -0.25) is 14.5 Å². The van der Waals surface area contributed by atoms with Crippen LogP contribution in [0.2, 0.25) is 0 Å². The number of hydrogen-bond acceptors (Lipinski definition) is 5. The van der Waals surface area contributed by atoms with E-state index in [4.69, 9.17) is 0 Å². The summed E-state index contributed by atoms with van der Waals surface area (Å²) in [6, 6.07) is 5.84. The van der Waals surface area contributed by atoms with E-state index >= 15 is 0 Å². The first kappa shape index (κ1) is 14.3. The van der Waals surface area contributed by atoms with Crippen LogP contribution < -0.4 is 0 Å². The van der Waals surface area contributed by atoms with E-state index in [1.165, 1.54) is 12.3 Å². The number of hydrogen-bond donors (Lipinski definition) is 0. The number of halogens is 1. The van der Waals surface area contributed by atoms with Crippen LogP contribution in [0, 0.1) is 5.82 Å². The Balaban J connectivity index is 1.61. The van der Waals surface area contributed by atoms with Gasteiger partial charge in [0, 0.05) is 35.9 Å². The second kappa shape index (κ2) is 6.08. The summed E-state index contributed by atoms with van der Waals surface area (Å²) in [7, 11) is 0. The van der Waals surface area contributed by atoms with Gasteiger partial charge >= 0.3 is 0 Å². The standard InChI is InChI=1S/C16H14FN5S/c17-13-7-11(8-19-9-13)10-23-16-21-20-15(22(16)14-1-2-14)12-3-5-18-6-4-12/h3-9,14H,1-2,10H2. The van der Waals surface area contributed by atoms with Gasteiger partial charge < -0.3 is 0 Å². The van der Waals surface area contributed by atoms with Crippen molar-refractivity contribution in [3.05, 3.63) is 54.4 Å². The summed E-state index contributed by atoms with van der Waals surface area (Å²) < 4.78 is 15.4. The zero-order chi connectivity index (χ0) is 15.6. The normalized spacial score (nSPS) is 14.1. The average molecular weight is 327 g/mol. The third-order valence-corrected chi connectivity index (χ3v) is 4.66. The summed E-state index contributed by atoms with van der Waals surface area (Å²) in [5, 5.41) is 9.55. The van der Waals surface area contributed by atoms with Crippen molar-refractivity contribution in [3.63, 3.8) is 0 Å². The topological polar surface area (TPSA) is 56.5 Å². The molecule has 4 rings (SSSR count). The Morgan fingerprint density at radius 1 is 1.13 bits per heavy atom. The van der Waals surface area contributed by atoms with E-state index in [1.54, 1.807) is 30.4 Å². The first-order valence-electron chi connectivity index (χ1n) is 7.39. The molecule has 116 valence electrons. The minimum absolute atomic E-state index is 0.316. The van der Waals surface area contributed by atoms with Crippen LogP contribution >= 0.6 is 11.8 Å². The van der Waals surface area contributed by atoms with Gasteiger partial charge in [0.05, 0.1) is 6.20 Å². The second-order valence-corrected chi connectivity index (χ2v) is 6.39. The molecule has 1 fully saturated rings. The maximum atomic E-state index is 13.2. The highest BCUT2D eigenvalue weighted by Gasteiger charge is 2.30. The Morgan fingerprint density at radius 3 is 2.70 bits per heavy atom. The highest BCUT2D eigenvalue weighted by molar-refractivity contribution is 7.98. The van der Waals surface area contributed by atoms with E-state index in [-0.39, 0.29) is 5.82 Å². The van der Waals surface area contributed by atoms with Gasteiger partial charge in [0.25, 0.3) is 0 Å². The van der Waals surface area contributed by atoms with Gasteiger partial charge in [0.15, 0.2) is 11.0 Å². The highest BCUT2D eigenvalue weighted by atomic mass is 32.2. The van der Waals surface area contributed by atoms with E-state index in [0.29, 0.717) is 11.8 Å². The van der Waals surface area contributed by atoms with Gasteiger partial charge in [0.1, 0.15) is 5.82 Å². The molecule has 0 radical (unpaired) electrons. The summed E-state index contributed by atoms with van der Waals surface area (Å²) >= 11 is 1.56. The Bertz CT molecular complexity index is 816. The number of rotatable bonds is 5. The molecule has 0 aliphatic heterocycles. The summed E-state index contributed by atoms with van der Waals surface area (Å²) in [6.45, 7) is 0. The molecule has 1 aliphatic carbocycles. The van der Waals surface area contributed by atoms with E-state index < -0.39 is 0 Å². The van der Waals surface area contributed by atoms with Gasteiger partial charge in [-0.05, 0) is 36.6 Å². The molecule has 1 aliphatic rings. The minimum Gasteiger partial charge on any atom is -0.299 e. The first-order valence-corrected chi connectivity index (χ1v) is 8.37. The average Bonchev–Trinajstić information content (AvgIpc) is 3.33. The lowest BCUT2D eigenvalue weighted by Crippen LogP contribution is -2.00. The van der Waals surface area contributed by atoms with Crippen LogP contribution in [0.1, 0.15) is 24.4 Å². The number of nitrogens with zero attached hydrogens (tertiary/aromatic N) is 5. The molecular formula is C16H14FN5S. The van der Waals surface area contributed by atoms with Gasteiger partial charge in [-0.2, -0.15) is 0 Å². The SMILES string of the molecule is Fc1cncc(CSc2nnc(-c3ccncc3)n2C2CC2)c1. The van der Waals surface area contributed by atoms with E-state index in [2.05, 4.69) is 24.7 Å². The molecule has 3 heterocycles. The minimum atomic E-state index is -0.316. The Kier molecular flexibility index (Phi) is 3.78. The number of aromatic nitrogens is 5. The molecule has 1 saturated carbocycles. The van der Waals surface area contributed by atoms with Crippen LogP contribution in [-0.4, -0.2) is 24.7 Å². The molecule has 0 bridgehead atoms. The molecule has 0 N–H and O–H groups in total. The van der Waals surface area contributed by atoms with Crippen LogP contribution in [0.3, 0.4) is 0 Å². The molecule has 7 heteroatoms. The monoisotopic (exact) mass is 327 g/mol. The maximum absolute atomic E-state index is 13.2. The van der Waals surface area contributed by atoms with E-state index in [0.717, 1.165) is 34.9 Å². The van der Waals surface area contributed by atoms with Crippen LogP contribution in [0.4, 0.5) is 4.39 Å². The van der Waals surface area contributed by atoms with Crippen LogP contribution in [0.5, 0.6) is 0 Å². The summed E-state index contributed by atoms with van der Waals surface area (Å²) in [4.78, 5) is 7.93. The van der Waals surface area contributed by atoms with Crippen molar-refractivity contribution in [2.24, 2.45) is 0 Å². The van der Waals surface area contributed by atoms with Crippen LogP contribution in [0.15, 0.2) is 48.1 Å². The summed E-state index contributed by atoms with van der Waals surface area (Å²) in [5.41, 5.74) is 1.85. The van der Waals surface area contributed by atoms with Crippen molar-refractivity contribution in [2.75, 3.05) is 0 Å². The molecule has 3 aromatic heterocycles. The van der Waals surface area contributed by atoms with Crippen molar-refractivity contribution in [1.82, 2.24) is 24.7 Å². The first-order chi connectivity index (χ1) is 11.3. The zero-order valence-electron chi connectivity index (χ0n) is 12.3. The van der Waals surface area contributed by atoms with Crippen molar-refractivity contribution < 1.29 is 4.39 Å². The van der Waals surface area contributed by atoms with Crippen molar-refractivity contribution >= 4 is 11.8 Å². The molecule has 0 spiro atoms. The molecule has 0 unspecified atom stereocenters. The van der Waals surface area contributed by atoms with Gasteiger partial charge in [-0.25, -0.2) is 4.39 Å². The van der Waals surface area contributed by atoms with Gasteiger partial charge in [-0.1, -0.05) is 11.8 Å². The third-order valence-electron chi connectivity index (χ3n) is 3.64. The van der Waals surface area contributed by atoms with Crippen LogP contribution in [0.25, 0.3) is 11.4 Å². The summed E-state index contributed by atoms with van der Waals surface area (Å²) in [6.07, 6.45) is 8.69. The summed E-state index contributed by atoms with van der Waals surface area (Å²) in [5.74, 6) is 1.17. The lowest BCUT2D eigenvalue weighted by molar-refractivity contribution is 0.619. The maximum Gasteiger partial charge on any atom is 0.192 e. The molecule has 0 amide bonds. The Hall–Kier alpha value is -2.28. The van der Waals surface area contributed by atoms with Gasteiger partial charge in [0.2, 0.25) is 0 Å². The molecule has 23 heavy (non-hydrogen) atoms. The lowest BCUT2D eigenvalue weighted by Gasteiger charge is -2.08. The molecular weight excluding hydrogens is 313 g/mol. The fourth-order valence-electron chi connectivity index (χ4n) is 2.42. The zero-order valence-corrected chi connectivity index (χ0v) is 13.1. The molecule has 5 nitrogen and oxygen atoms in total. The molecule has 0 atom stereocenters. The van der Waals surface area contributed by atoms with E-state index in [9.17, 15) is 4.39 Å². The van der Waals surface area contributed by atoms with Crippen molar-refractivity contribution in [2.45, 2.75) is 29.8 Å². The fourth-order valence-corrected chi connectivity index (χ4v) is 3.34. The predicted molar refractivity (Wildman–Crippen MR) is 85.3 cm³/mol. The lowest BCUT2D eigenvalue weighted by atomic mass is 10.2. The quantitative estimate of drug-likeness (QED) is 0.671. The largest absolute Gasteiger partial charge is 0.299 e. The molecule has 3 aromatic rings. The number of thioether (sulfide) groups is 1. The smallest absolute Gasteiger partial charge is 0.192 e. The highest BCUT2D eigenvalue weighted by Crippen LogP contribution is 2.41. The van der Waals surface area contributed by atoms with Gasteiger partial charge in [-0.15, -0.1) is 10.2 Å². The third kappa shape index (κ3) is 3.10. The number of pyridine rings is 2.